The van der Waals surface area contributed by atoms with Crippen molar-refractivity contribution in [1.82, 2.24) is 0 Å². The molecule has 1 aliphatic carbocycles. The fraction of sp³-hybridized carbons (Fsp3) is 0.0714. The van der Waals surface area contributed by atoms with Crippen molar-refractivity contribution >= 4 is 54.6 Å². The molecule has 14 heteroatoms. The van der Waals surface area contributed by atoms with Crippen LogP contribution in [0.25, 0.3) is 0 Å². The van der Waals surface area contributed by atoms with Gasteiger partial charge in [0, 0.05) is 16.7 Å². The van der Waals surface area contributed by atoms with E-state index >= 15 is 0 Å². The number of carbonyl (C=O) groups excluding carboxylic acids is 2. The smallest absolute Gasteiger partial charge is 1.00 e. The van der Waals surface area contributed by atoms with E-state index < -0.39 is 41.6 Å². The number of anilines is 4. The minimum atomic E-state index is -4.72. The second-order valence-electron chi connectivity index (χ2n) is 9.31. The number of hydrogen-bond donors (Lipinski definition) is 4. The molecule has 0 unspecified atom stereocenters. The Morgan fingerprint density at radius 2 is 1.05 bits per heavy atom. The molecule has 10 nitrogen and oxygen atoms in total. The minimum Gasteiger partial charge on any atom is -1.00 e. The Morgan fingerprint density at radius 1 is 0.595 bits per heavy atom. The van der Waals surface area contributed by atoms with E-state index in [1.807, 2.05) is 0 Å². The Hall–Kier alpha value is -2.36. The van der Waals surface area contributed by atoms with E-state index in [4.69, 9.17) is 0 Å². The van der Waals surface area contributed by atoms with Crippen LogP contribution in [0.2, 0.25) is 0 Å². The Labute approximate surface area is 290 Å². The first kappa shape index (κ1) is 34.1. The zero-order chi connectivity index (χ0) is 29.0. The number of ketones is 2. The molecule has 208 valence electrons. The molecule has 0 fully saturated rings. The van der Waals surface area contributed by atoms with Crippen molar-refractivity contribution in [2.24, 2.45) is 0 Å². The van der Waals surface area contributed by atoms with Crippen LogP contribution < -0.4 is 69.7 Å². The van der Waals surface area contributed by atoms with Gasteiger partial charge in [-0.3, -0.25) is 18.7 Å². The van der Waals surface area contributed by atoms with E-state index in [2.05, 4.69) is 10.6 Å². The van der Waals surface area contributed by atoms with E-state index in [1.54, 1.807) is 38.1 Å². The number of carbonyl (C=O) groups is 2. The van der Waals surface area contributed by atoms with E-state index in [1.165, 1.54) is 48.5 Å². The number of benzene rings is 4. The zero-order valence-corrected chi connectivity index (χ0v) is 28.7. The summed E-state index contributed by atoms with van der Waals surface area (Å²) in [6.07, 6.45) is 0. The van der Waals surface area contributed by atoms with E-state index in [-0.39, 0.29) is 107 Å². The fourth-order valence-electron chi connectivity index (χ4n) is 4.59. The molecule has 4 N–H and O–H groups in total. The Balaban J connectivity index is 0.00000242. The van der Waals surface area contributed by atoms with Crippen LogP contribution >= 0.6 is 0 Å². The Morgan fingerprint density at radius 3 is 1.55 bits per heavy atom. The van der Waals surface area contributed by atoms with Crippen LogP contribution in [0.15, 0.2) is 82.6 Å². The van der Waals surface area contributed by atoms with Gasteiger partial charge < -0.3 is 13.5 Å². The molecule has 1 aliphatic rings. The molecule has 42 heavy (non-hydrogen) atoms. The van der Waals surface area contributed by atoms with Crippen LogP contribution in [0, 0.1) is 13.8 Å². The van der Waals surface area contributed by atoms with Gasteiger partial charge in [0.25, 0.3) is 20.2 Å². The molecule has 0 aliphatic heterocycles. The van der Waals surface area contributed by atoms with E-state index in [9.17, 15) is 35.5 Å². The van der Waals surface area contributed by atoms with Crippen LogP contribution in [0.3, 0.4) is 0 Å². The quantitative estimate of drug-likeness (QED) is 0.140. The standard InChI is InChI=1S/C28H22N2O8S2.2Na.2H/c1-15-7-10-20(23(13-15)39(33,34)35)29-22-12-9-19-25(28(32)18-6-4-3-5-17(18)27(19)31)26(22)30-21-11-8-16(2)14-24(21)40(36,37)38;;;;/h3-14,29-30H,1-2H3,(H,33,34,35)(H,36,37,38);;;;/q;2*+1;2*-1. The molecule has 0 saturated carbocycles. The molecule has 0 heterocycles. The van der Waals surface area contributed by atoms with Gasteiger partial charge in [0.2, 0.25) is 0 Å². The summed E-state index contributed by atoms with van der Waals surface area (Å²) < 4.78 is 68.4. The summed E-state index contributed by atoms with van der Waals surface area (Å²) in [7, 11) is -9.39. The Kier molecular flexibility index (Phi) is 10.3. The van der Waals surface area contributed by atoms with Crippen molar-refractivity contribution in [3.8, 4) is 0 Å². The fourth-order valence-corrected chi connectivity index (χ4v) is 6.06. The second-order valence-corrected chi connectivity index (χ2v) is 12.1. The maximum Gasteiger partial charge on any atom is 1.00 e. The molecule has 5 rings (SSSR count). The van der Waals surface area contributed by atoms with E-state index in [0.717, 1.165) is 0 Å². The zero-order valence-electron chi connectivity index (χ0n) is 25.1. The summed E-state index contributed by atoms with van der Waals surface area (Å²) >= 11 is 0. The van der Waals surface area contributed by atoms with Gasteiger partial charge in [0.05, 0.1) is 28.3 Å². The third kappa shape index (κ3) is 6.58. The van der Waals surface area contributed by atoms with Crippen LogP contribution in [0.1, 0.15) is 45.8 Å². The predicted octanol–water partition coefficient (Wildman–Crippen LogP) is -0.708. The maximum absolute atomic E-state index is 13.8. The average Bonchev–Trinajstić information content (AvgIpc) is 2.88. The molecule has 0 amide bonds. The van der Waals surface area contributed by atoms with Crippen molar-refractivity contribution in [1.29, 1.82) is 0 Å². The van der Waals surface area contributed by atoms with Crippen LogP contribution in [0.4, 0.5) is 22.7 Å². The monoisotopic (exact) mass is 626 g/mol. The number of aryl methyl sites for hydroxylation is 2. The first-order valence-corrected chi connectivity index (χ1v) is 14.7. The van der Waals surface area contributed by atoms with Gasteiger partial charge in [0.1, 0.15) is 9.79 Å². The maximum atomic E-state index is 13.8. The Bertz CT molecular complexity index is 1990. The van der Waals surface area contributed by atoms with Crippen LogP contribution in [0.5, 0.6) is 0 Å². The molecule has 0 aromatic heterocycles. The average molecular weight is 627 g/mol. The van der Waals surface area contributed by atoms with Crippen LogP contribution in [-0.4, -0.2) is 37.5 Å². The number of hydrogen-bond acceptors (Lipinski definition) is 8. The van der Waals surface area contributed by atoms with Gasteiger partial charge in [-0.2, -0.15) is 16.8 Å². The molecule has 0 spiro atoms. The predicted molar refractivity (Wildman–Crippen MR) is 151 cm³/mol. The van der Waals surface area contributed by atoms with E-state index in [0.29, 0.717) is 11.1 Å². The summed E-state index contributed by atoms with van der Waals surface area (Å²) in [6.45, 7) is 3.27. The van der Waals surface area contributed by atoms with Crippen LogP contribution in [-0.2, 0) is 20.2 Å². The molecule has 0 saturated heterocycles. The number of nitrogens with one attached hydrogen (secondary N) is 2. The molecule has 4 aromatic rings. The van der Waals surface area contributed by atoms with Gasteiger partial charge in [-0.25, -0.2) is 0 Å². The van der Waals surface area contributed by atoms with Crippen molar-refractivity contribution in [3.63, 3.8) is 0 Å². The molecule has 4 aromatic carbocycles. The summed E-state index contributed by atoms with van der Waals surface area (Å²) in [5.41, 5.74) is 1.29. The molecular formula is C28H24N2Na2O8S2. The molecular weight excluding hydrogens is 602 g/mol. The minimum absolute atomic E-state index is 0. The van der Waals surface area contributed by atoms with Crippen molar-refractivity contribution < 1.29 is 97.5 Å². The number of fused-ring (bicyclic) bond motifs is 2. The summed E-state index contributed by atoms with van der Waals surface area (Å²) in [5, 5.41) is 5.79. The molecule has 0 bridgehead atoms. The normalized spacial score (nSPS) is 12.4. The van der Waals surface area contributed by atoms with Gasteiger partial charge >= 0.3 is 59.1 Å². The number of rotatable bonds is 6. The summed E-state index contributed by atoms with van der Waals surface area (Å²) in [4.78, 5) is 26.2. The van der Waals surface area contributed by atoms with Gasteiger partial charge in [-0.05, 0) is 61.4 Å². The largest absolute Gasteiger partial charge is 1.00 e. The second kappa shape index (κ2) is 12.7. The van der Waals surface area contributed by atoms with Crippen molar-refractivity contribution in [2.75, 3.05) is 10.6 Å². The van der Waals surface area contributed by atoms with Crippen molar-refractivity contribution in [3.05, 3.63) is 106 Å². The van der Waals surface area contributed by atoms with Gasteiger partial charge in [-0.1, -0.05) is 36.4 Å². The van der Waals surface area contributed by atoms with Gasteiger partial charge in [-0.15, -0.1) is 0 Å². The summed E-state index contributed by atoms with van der Waals surface area (Å²) in [5.74, 6) is -0.969. The third-order valence-electron chi connectivity index (χ3n) is 6.45. The van der Waals surface area contributed by atoms with Crippen molar-refractivity contribution in [2.45, 2.75) is 23.6 Å². The first-order valence-electron chi connectivity index (χ1n) is 11.8. The first-order chi connectivity index (χ1) is 18.8. The topological polar surface area (TPSA) is 167 Å². The third-order valence-corrected chi connectivity index (χ3v) is 8.24. The molecule has 0 atom stereocenters. The summed E-state index contributed by atoms with van der Waals surface area (Å²) in [6, 6.07) is 17.6. The molecule has 0 radical (unpaired) electrons. The van der Waals surface area contributed by atoms with Gasteiger partial charge in [0.15, 0.2) is 11.6 Å². The SMILES string of the molecule is Cc1ccc(Nc2ccc3c(c2Nc2ccc(C)cc2S(=O)(=O)O)C(=O)c2ccccc2C3=O)c(S(=O)(=O)O)c1.[H-].[H-].[Na+].[Na+].